The number of halogens is 1. The molecule has 2 nitrogen and oxygen atoms in total. The monoisotopic (exact) mass is 214 g/mol. The lowest BCUT2D eigenvalue weighted by Crippen LogP contribution is -2.14. The van der Waals surface area contributed by atoms with Crippen molar-refractivity contribution in [1.82, 2.24) is 9.88 Å². The van der Waals surface area contributed by atoms with E-state index in [1.54, 1.807) is 6.20 Å². The summed E-state index contributed by atoms with van der Waals surface area (Å²) < 4.78 is 0. The molecule has 0 spiro atoms. The maximum Gasteiger partial charge on any atom is 0.0921 e. The second-order valence-electron chi connectivity index (χ2n) is 2.59. The highest BCUT2D eigenvalue weighted by atomic mass is 79.9. The van der Waals surface area contributed by atoms with Crippen LogP contribution >= 0.6 is 15.9 Å². The molecule has 1 heterocycles. The van der Waals surface area contributed by atoms with Gasteiger partial charge < -0.3 is 0 Å². The Labute approximate surface area is 75.4 Å². The summed E-state index contributed by atoms with van der Waals surface area (Å²) in [7, 11) is 4.04. The van der Waals surface area contributed by atoms with Gasteiger partial charge in [0.15, 0.2) is 0 Å². The summed E-state index contributed by atoms with van der Waals surface area (Å²) in [4.78, 5) is 6.37. The molecule has 0 aliphatic rings. The lowest BCUT2D eigenvalue weighted by Gasteiger charge is -2.17. The van der Waals surface area contributed by atoms with Crippen LogP contribution in [0.25, 0.3) is 0 Å². The van der Waals surface area contributed by atoms with Gasteiger partial charge in [-0.3, -0.25) is 9.88 Å². The molecule has 11 heavy (non-hydrogen) atoms. The first-order valence-corrected chi connectivity index (χ1v) is 4.34. The van der Waals surface area contributed by atoms with Gasteiger partial charge >= 0.3 is 0 Å². The van der Waals surface area contributed by atoms with Crippen molar-refractivity contribution in [2.24, 2.45) is 0 Å². The van der Waals surface area contributed by atoms with E-state index in [4.69, 9.17) is 0 Å². The molecule has 0 N–H and O–H groups in total. The highest BCUT2D eigenvalue weighted by Gasteiger charge is 2.07. The van der Waals surface area contributed by atoms with E-state index in [0.717, 1.165) is 0 Å². The molecule has 0 bridgehead atoms. The first kappa shape index (κ1) is 8.68. The van der Waals surface area contributed by atoms with Crippen molar-refractivity contribution >= 4 is 15.9 Å². The molecule has 0 aliphatic carbocycles. The molecule has 1 aromatic heterocycles. The van der Waals surface area contributed by atoms with Gasteiger partial charge in [-0.2, -0.15) is 0 Å². The van der Waals surface area contributed by atoms with E-state index in [9.17, 15) is 0 Å². The molecular formula is C8H11BrN2. The van der Waals surface area contributed by atoms with E-state index in [-0.39, 0.29) is 4.95 Å². The Bertz CT molecular complexity index is 211. The van der Waals surface area contributed by atoms with Crippen LogP contribution in [0.5, 0.6) is 0 Å². The van der Waals surface area contributed by atoms with Gasteiger partial charge in [0, 0.05) is 12.4 Å². The number of alkyl halides is 1. The Hall–Kier alpha value is -0.410. The van der Waals surface area contributed by atoms with Gasteiger partial charge in [-0.15, -0.1) is 0 Å². The summed E-state index contributed by atoms with van der Waals surface area (Å²) in [6.07, 6.45) is 3.64. The second kappa shape index (κ2) is 3.83. The molecular weight excluding hydrogens is 204 g/mol. The maximum absolute atomic E-state index is 4.03. The fourth-order valence-corrected chi connectivity index (χ4v) is 1.09. The van der Waals surface area contributed by atoms with E-state index in [2.05, 4.69) is 25.8 Å². The lowest BCUT2D eigenvalue weighted by atomic mass is 10.3. The largest absolute Gasteiger partial charge is 0.293 e. The van der Waals surface area contributed by atoms with Crippen molar-refractivity contribution < 1.29 is 0 Å². The number of hydrogen-bond acceptors (Lipinski definition) is 2. The highest BCUT2D eigenvalue weighted by Crippen LogP contribution is 2.22. The summed E-state index contributed by atoms with van der Waals surface area (Å²) in [5.74, 6) is 0. The van der Waals surface area contributed by atoms with Gasteiger partial charge in [-0.25, -0.2) is 0 Å². The van der Waals surface area contributed by atoms with Crippen molar-refractivity contribution in [1.29, 1.82) is 0 Å². The lowest BCUT2D eigenvalue weighted by molar-refractivity contribution is 0.397. The molecule has 1 rings (SSSR count). The van der Waals surface area contributed by atoms with Crippen LogP contribution in [-0.2, 0) is 0 Å². The van der Waals surface area contributed by atoms with Crippen LogP contribution < -0.4 is 0 Å². The van der Waals surface area contributed by atoms with E-state index < -0.39 is 0 Å². The number of hydrogen-bond donors (Lipinski definition) is 0. The van der Waals surface area contributed by atoms with Crippen molar-refractivity contribution in [2.45, 2.75) is 4.95 Å². The minimum Gasteiger partial charge on any atom is -0.293 e. The van der Waals surface area contributed by atoms with Crippen LogP contribution in [0.1, 0.15) is 10.5 Å². The molecule has 0 aliphatic heterocycles. The third-order valence-corrected chi connectivity index (χ3v) is 2.76. The second-order valence-corrected chi connectivity index (χ2v) is 3.45. The van der Waals surface area contributed by atoms with E-state index in [0.29, 0.717) is 0 Å². The van der Waals surface area contributed by atoms with Crippen molar-refractivity contribution in [3.8, 4) is 0 Å². The van der Waals surface area contributed by atoms with Gasteiger partial charge in [-0.1, -0.05) is 22.0 Å². The third kappa shape index (κ3) is 2.27. The fourth-order valence-electron chi connectivity index (χ4n) is 0.815. The van der Waals surface area contributed by atoms with Gasteiger partial charge in [-0.05, 0) is 25.7 Å². The highest BCUT2D eigenvalue weighted by molar-refractivity contribution is 9.09. The number of nitrogens with zero attached hydrogens (tertiary/aromatic N) is 2. The topological polar surface area (TPSA) is 16.1 Å². The molecule has 0 fully saturated rings. The van der Waals surface area contributed by atoms with Crippen LogP contribution in [0.3, 0.4) is 0 Å². The van der Waals surface area contributed by atoms with Crippen molar-refractivity contribution in [2.75, 3.05) is 14.1 Å². The average Bonchev–Trinajstić information content (AvgIpc) is 2.05. The Morgan fingerprint density at radius 3 is 2.73 bits per heavy atom. The SMILES string of the molecule is CN(C)C(Br)c1cccnc1. The molecule has 0 amide bonds. The minimum absolute atomic E-state index is 0.260. The average molecular weight is 215 g/mol. The Kier molecular flexibility index (Phi) is 3.02. The standard InChI is InChI=1S/C8H11BrN2/c1-11(2)8(9)7-4-3-5-10-6-7/h3-6,8H,1-2H3. The zero-order chi connectivity index (χ0) is 8.27. The number of pyridine rings is 1. The molecule has 0 saturated carbocycles. The third-order valence-electron chi connectivity index (χ3n) is 1.41. The summed E-state index contributed by atoms with van der Waals surface area (Å²) in [5.41, 5.74) is 1.18. The first-order chi connectivity index (χ1) is 5.22. The fraction of sp³-hybridized carbons (Fsp3) is 0.375. The molecule has 0 saturated heterocycles. The van der Waals surface area contributed by atoms with Crippen LogP contribution in [0.15, 0.2) is 24.5 Å². The quantitative estimate of drug-likeness (QED) is 0.554. The first-order valence-electron chi connectivity index (χ1n) is 3.42. The predicted octanol–water partition coefficient (Wildman–Crippen LogP) is 2.04. The van der Waals surface area contributed by atoms with Crippen LogP contribution in [-0.4, -0.2) is 24.0 Å². The van der Waals surface area contributed by atoms with Gasteiger partial charge in [0.2, 0.25) is 0 Å². The van der Waals surface area contributed by atoms with Crippen LogP contribution in [0.2, 0.25) is 0 Å². The number of aromatic nitrogens is 1. The van der Waals surface area contributed by atoms with E-state index in [1.165, 1.54) is 5.56 Å². The zero-order valence-corrected chi connectivity index (χ0v) is 8.25. The molecule has 1 atom stereocenters. The molecule has 0 radical (unpaired) electrons. The van der Waals surface area contributed by atoms with Crippen LogP contribution in [0, 0.1) is 0 Å². The Morgan fingerprint density at radius 1 is 1.55 bits per heavy atom. The molecule has 1 aromatic rings. The normalized spacial score (nSPS) is 13.5. The molecule has 60 valence electrons. The van der Waals surface area contributed by atoms with Crippen molar-refractivity contribution in [3.63, 3.8) is 0 Å². The summed E-state index contributed by atoms with van der Waals surface area (Å²) in [6.45, 7) is 0. The molecule has 0 aromatic carbocycles. The smallest absolute Gasteiger partial charge is 0.0921 e. The maximum atomic E-state index is 4.03. The predicted molar refractivity (Wildman–Crippen MR) is 49.6 cm³/mol. The van der Waals surface area contributed by atoms with Gasteiger partial charge in [0.05, 0.1) is 4.95 Å². The van der Waals surface area contributed by atoms with Crippen LogP contribution in [0.4, 0.5) is 0 Å². The van der Waals surface area contributed by atoms with Gasteiger partial charge in [0.1, 0.15) is 0 Å². The molecule has 1 unspecified atom stereocenters. The zero-order valence-electron chi connectivity index (χ0n) is 6.66. The molecule has 3 heteroatoms. The Morgan fingerprint density at radius 2 is 2.27 bits per heavy atom. The van der Waals surface area contributed by atoms with E-state index >= 15 is 0 Å². The summed E-state index contributed by atoms with van der Waals surface area (Å²) in [5, 5.41) is 0. The van der Waals surface area contributed by atoms with E-state index in [1.807, 2.05) is 32.4 Å². The minimum atomic E-state index is 0.260. The summed E-state index contributed by atoms with van der Waals surface area (Å²) >= 11 is 3.54. The van der Waals surface area contributed by atoms with Crippen molar-refractivity contribution in [3.05, 3.63) is 30.1 Å². The summed E-state index contributed by atoms with van der Waals surface area (Å²) in [6, 6.07) is 3.99. The van der Waals surface area contributed by atoms with Gasteiger partial charge in [0.25, 0.3) is 0 Å². The number of rotatable bonds is 2. The Balaban J connectivity index is 2.77.